The van der Waals surface area contributed by atoms with E-state index >= 15 is 0 Å². The number of hydrogen-bond acceptors (Lipinski definition) is 3. The zero-order valence-corrected chi connectivity index (χ0v) is 10.2. The summed E-state index contributed by atoms with van der Waals surface area (Å²) in [4.78, 5) is 16.3. The molecule has 0 aliphatic heterocycles. The molecule has 0 spiro atoms. The van der Waals surface area contributed by atoms with Gasteiger partial charge >= 0.3 is 0 Å². The van der Waals surface area contributed by atoms with Crippen LogP contribution < -0.4 is 5.73 Å². The van der Waals surface area contributed by atoms with Gasteiger partial charge < -0.3 is 5.73 Å². The fraction of sp³-hybridized carbons (Fsp3) is 0.364. The minimum Gasteiger partial charge on any atom is -0.324 e. The summed E-state index contributed by atoms with van der Waals surface area (Å²) in [5.41, 5.74) is 6.84. The van der Waals surface area contributed by atoms with Crippen LogP contribution in [0, 0.1) is 0 Å². The third-order valence-electron chi connectivity index (χ3n) is 2.25. The summed E-state index contributed by atoms with van der Waals surface area (Å²) in [6.45, 7) is 0. The first-order chi connectivity index (χ1) is 7.15. The standard InChI is InChI=1S/C11H16N2O2.ClH/c1-13(15-2)11(14)8-10(12)9-6-4-3-5-7-9;/h3-7,10H,8,12H2,1-2H3;1H. The Morgan fingerprint density at radius 2 is 2.00 bits per heavy atom. The predicted octanol–water partition coefficient (Wildman–Crippen LogP) is 1.52. The Morgan fingerprint density at radius 1 is 1.44 bits per heavy atom. The first kappa shape index (κ1) is 14.9. The predicted molar refractivity (Wildman–Crippen MR) is 65.0 cm³/mol. The molecule has 0 saturated heterocycles. The molecule has 1 amide bonds. The maximum absolute atomic E-state index is 11.5. The van der Waals surface area contributed by atoms with E-state index in [0.717, 1.165) is 5.56 Å². The molecule has 1 atom stereocenters. The number of hydrogen-bond donors (Lipinski definition) is 1. The van der Waals surface area contributed by atoms with Gasteiger partial charge in [0.25, 0.3) is 0 Å². The summed E-state index contributed by atoms with van der Waals surface area (Å²) in [7, 11) is 3.02. The molecule has 1 aromatic rings. The van der Waals surface area contributed by atoms with Crippen LogP contribution in [-0.4, -0.2) is 25.1 Å². The molecule has 2 N–H and O–H groups in total. The second-order valence-electron chi connectivity index (χ2n) is 3.30. The van der Waals surface area contributed by atoms with E-state index in [9.17, 15) is 4.79 Å². The van der Waals surface area contributed by atoms with Gasteiger partial charge in [0.05, 0.1) is 7.11 Å². The monoisotopic (exact) mass is 244 g/mol. The topological polar surface area (TPSA) is 55.6 Å². The van der Waals surface area contributed by atoms with Gasteiger partial charge in [0, 0.05) is 19.5 Å². The number of benzene rings is 1. The van der Waals surface area contributed by atoms with Gasteiger partial charge in [-0.05, 0) is 5.56 Å². The Hall–Kier alpha value is -1.10. The lowest BCUT2D eigenvalue weighted by Crippen LogP contribution is -2.28. The quantitative estimate of drug-likeness (QED) is 0.817. The Kier molecular flexibility index (Phi) is 6.72. The van der Waals surface area contributed by atoms with Crippen molar-refractivity contribution < 1.29 is 9.63 Å². The molecule has 16 heavy (non-hydrogen) atoms. The average Bonchev–Trinajstić information content (AvgIpc) is 2.29. The molecule has 90 valence electrons. The molecule has 0 aliphatic carbocycles. The Labute approximate surface area is 102 Å². The number of amides is 1. The number of carbonyl (C=O) groups excluding carboxylic acids is 1. The van der Waals surface area contributed by atoms with Crippen LogP contribution in [0.3, 0.4) is 0 Å². The second-order valence-corrected chi connectivity index (χ2v) is 3.30. The number of nitrogens with two attached hydrogens (primary N) is 1. The molecule has 1 aromatic carbocycles. The normalized spacial score (nSPS) is 11.4. The minimum absolute atomic E-state index is 0. The fourth-order valence-corrected chi connectivity index (χ4v) is 1.24. The molecule has 5 heteroatoms. The van der Waals surface area contributed by atoms with E-state index in [0.29, 0.717) is 0 Å². The molecule has 0 fully saturated rings. The number of hydroxylamine groups is 2. The third kappa shape index (κ3) is 4.18. The van der Waals surface area contributed by atoms with Gasteiger partial charge in [-0.2, -0.15) is 0 Å². The molecule has 0 aromatic heterocycles. The first-order valence-corrected chi connectivity index (χ1v) is 4.76. The maximum atomic E-state index is 11.5. The average molecular weight is 245 g/mol. The molecule has 0 radical (unpaired) electrons. The van der Waals surface area contributed by atoms with E-state index in [-0.39, 0.29) is 30.8 Å². The van der Waals surface area contributed by atoms with Crippen LogP contribution in [0.15, 0.2) is 30.3 Å². The molecule has 0 aliphatic rings. The zero-order chi connectivity index (χ0) is 11.3. The maximum Gasteiger partial charge on any atom is 0.247 e. The van der Waals surface area contributed by atoms with Crippen molar-refractivity contribution in [1.82, 2.24) is 5.06 Å². The lowest BCUT2D eigenvalue weighted by atomic mass is 10.0. The lowest BCUT2D eigenvalue weighted by Gasteiger charge is -2.17. The van der Waals surface area contributed by atoms with E-state index in [1.165, 1.54) is 12.2 Å². The van der Waals surface area contributed by atoms with Gasteiger partial charge in [0.1, 0.15) is 0 Å². The van der Waals surface area contributed by atoms with Crippen LogP contribution in [0.1, 0.15) is 18.0 Å². The molecule has 0 saturated carbocycles. The number of rotatable bonds is 4. The van der Waals surface area contributed by atoms with Gasteiger partial charge in [0.15, 0.2) is 0 Å². The number of carbonyl (C=O) groups is 1. The zero-order valence-electron chi connectivity index (χ0n) is 9.42. The van der Waals surface area contributed by atoms with Gasteiger partial charge in [-0.15, -0.1) is 12.4 Å². The number of nitrogens with zero attached hydrogens (tertiary/aromatic N) is 1. The van der Waals surface area contributed by atoms with Crippen LogP contribution in [0.25, 0.3) is 0 Å². The summed E-state index contributed by atoms with van der Waals surface area (Å²) in [6, 6.07) is 9.25. The van der Waals surface area contributed by atoms with Crippen molar-refractivity contribution in [3.63, 3.8) is 0 Å². The Balaban J connectivity index is 0.00000225. The lowest BCUT2D eigenvalue weighted by molar-refractivity contribution is -0.169. The van der Waals surface area contributed by atoms with Gasteiger partial charge in [-0.1, -0.05) is 30.3 Å². The Bertz CT molecular complexity index is 319. The number of halogens is 1. The van der Waals surface area contributed by atoms with Gasteiger partial charge in [-0.25, -0.2) is 5.06 Å². The summed E-state index contributed by atoms with van der Waals surface area (Å²) in [6.07, 6.45) is 0.244. The van der Waals surface area contributed by atoms with Crippen molar-refractivity contribution in [1.29, 1.82) is 0 Å². The van der Waals surface area contributed by atoms with Crippen molar-refractivity contribution in [2.75, 3.05) is 14.2 Å². The van der Waals surface area contributed by atoms with Crippen molar-refractivity contribution in [3.05, 3.63) is 35.9 Å². The smallest absolute Gasteiger partial charge is 0.247 e. The molecular weight excluding hydrogens is 228 g/mol. The van der Waals surface area contributed by atoms with Crippen molar-refractivity contribution in [3.8, 4) is 0 Å². The highest BCUT2D eigenvalue weighted by molar-refractivity contribution is 5.85. The van der Waals surface area contributed by atoms with Crippen LogP contribution in [0.5, 0.6) is 0 Å². The summed E-state index contributed by atoms with van der Waals surface area (Å²) >= 11 is 0. The van der Waals surface area contributed by atoms with E-state index in [4.69, 9.17) is 10.6 Å². The van der Waals surface area contributed by atoms with E-state index < -0.39 is 0 Å². The van der Waals surface area contributed by atoms with Crippen LogP contribution in [0.2, 0.25) is 0 Å². The van der Waals surface area contributed by atoms with Crippen molar-refractivity contribution in [2.45, 2.75) is 12.5 Å². The van der Waals surface area contributed by atoms with Crippen molar-refractivity contribution in [2.24, 2.45) is 5.73 Å². The molecule has 1 rings (SSSR count). The van der Waals surface area contributed by atoms with E-state index in [1.54, 1.807) is 7.05 Å². The molecule has 4 nitrogen and oxygen atoms in total. The van der Waals surface area contributed by atoms with Gasteiger partial charge in [-0.3, -0.25) is 9.63 Å². The van der Waals surface area contributed by atoms with Crippen LogP contribution in [-0.2, 0) is 9.63 Å². The Morgan fingerprint density at radius 3 is 2.50 bits per heavy atom. The van der Waals surface area contributed by atoms with Crippen molar-refractivity contribution >= 4 is 18.3 Å². The van der Waals surface area contributed by atoms with E-state index in [2.05, 4.69) is 0 Å². The second kappa shape index (κ2) is 7.22. The largest absolute Gasteiger partial charge is 0.324 e. The third-order valence-corrected chi connectivity index (χ3v) is 2.25. The SMILES string of the molecule is CON(C)C(=O)CC(N)c1ccccc1.Cl. The molecule has 0 heterocycles. The summed E-state index contributed by atoms with van der Waals surface area (Å²) < 4.78 is 0. The first-order valence-electron chi connectivity index (χ1n) is 4.76. The van der Waals surface area contributed by atoms with Crippen LogP contribution >= 0.6 is 12.4 Å². The summed E-state index contributed by atoms with van der Waals surface area (Å²) in [5, 5.41) is 1.18. The van der Waals surface area contributed by atoms with Crippen LogP contribution in [0.4, 0.5) is 0 Å². The van der Waals surface area contributed by atoms with E-state index in [1.807, 2.05) is 30.3 Å². The summed E-state index contributed by atoms with van der Waals surface area (Å²) in [5.74, 6) is -0.131. The van der Waals surface area contributed by atoms with Gasteiger partial charge in [0.2, 0.25) is 5.91 Å². The fourth-order valence-electron chi connectivity index (χ4n) is 1.24. The molecular formula is C11H17ClN2O2. The highest BCUT2D eigenvalue weighted by Crippen LogP contribution is 2.14. The highest BCUT2D eigenvalue weighted by Gasteiger charge is 2.14. The highest BCUT2D eigenvalue weighted by atomic mass is 35.5. The minimum atomic E-state index is -0.281. The molecule has 0 bridgehead atoms. The molecule has 1 unspecified atom stereocenters.